The molecule has 1 saturated carbocycles. The molecule has 1 fully saturated rings. The van der Waals surface area contributed by atoms with Crippen LogP contribution in [0.25, 0.3) is 0 Å². The van der Waals surface area contributed by atoms with E-state index in [4.69, 9.17) is 4.74 Å². The normalized spacial score (nSPS) is 15.7. The molecule has 1 atom stereocenters. The molecule has 4 heteroatoms. The fourth-order valence-corrected chi connectivity index (χ4v) is 1.92. The Balaban J connectivity index is 1.59. The Kier molecular flexibility index (Phi) is 5.41. The number of ether oxygens (including phenoxy) is 1. The van der Waals surface area contributed by atoms with Crippen LogP contribution in [0.15, 0.2) is 24.3 Å². The van der Waals surface area contributed by atoms with Gasteiger partial charge >= 0.3 is 0 Å². The van der Waals surface area contributed by atoms with Gasteiger partial charge in [0, 0.05) is 19.0 Å². The first-order chi connectivity index (χ1) is 9.63. The Morgan fingerprint density at radius 3 is 2.70 bits per heavy atom. The van der Waals surface area contributed by atoms with Crippen LogP contribution in [-0.4, -0.2) is 31.1 Å². The zero-order valence-electron chi connectivity index (χ0n) is 12.3. The van der Waals surface area contributed by atoms with Crippen LogP contribution in [0.1, 0.15) is 31.7 Å². The monoisotopic (exact) mass is 276 g/mol. The van der Waals surface area contributed by atoms with Gasteiger partial charge in [-0.3, -0.25) is 4.79 Å². The molecular weight excluding hydrogens is 252 g/mol. The van der Waals surface area contributed by atoms with Gasteiger partial charge in [-0.15, -0.1) is 0 Å². The van der Waals surface area contributed by atoms with E-state index in [2.05, 4.69) is 10.6 Å². The molecule has 0 heterocycles. The molecule has 1 aliphatic carbocycles. The number of hydrogen-bond acceptors (Lipinski definition) is 3. The molecule has 1 amide bonds. The Morgan fingerprint density at radius 2 is 2.05 bits per heavy atom. The van der Waals surface area contributed by atoms with Crippen molar-refractivity contribution in [3.8, 4) is 5.75 Å². The molecular formula is C16H24N2O2. The van der Waals surface area contributed by atoms with Crippen molar-refractivity contribution in [1.82, 2.24) is 10.6 Å². The van der Waals surface area contributed by atoms with Gasteiger partial charge in [0.15, 0.2) is 0 Å². The summed E-state index contributed by atoms with van der Waals surface area (Å²) in [5, 5.41) is 6.28. The SMILES string of the molecule is Cc1ccc(OCC(C)NC(=O)CCNC2CC2)cc1. The molecule has 2 rings (SSSR count). The molecule has 110 valence electrons. The van der Waals surface area contributed by atoms with Gasteiger partial charge in [-0.1, -0.05) is 17.7 Å². The third-order valence-electron chi connectivity index (χ3n) is 3.29. The highest BCUT2D eigenvalue weighted by Gasteiger charge is 2.20. The number of aryl methyl sites for hydroxylation is 1. The summed E-state index contributed by atoms with van der Waals surface area (Å²) in [5.74, 6) is 0.922. The van der Waals surface area contributed by atoms with Gasteiger partial charge < -0.3 is 15.4 Å². The summed E-state index contributed by atoms with van der Waals surface area (Å²) >= 11 is 0. The number of amides is 1. The average Bonchev–Trinajstić information content (AvgIpc) is 3.22. The lowest BCUT2D eigenvalue weighted by Gasteiger charge is -2.15. The molecule has 0 aliphatic heterocycles. The Labute approximate surface area is 120 Å². The van der Waals surface area contributed by atoms with Gasteiger partial charge in [-0.25, -0.2) is 0 Å². The second kappa shape index (κ2) is 7.29. The highest BCUT2D eigenvalue weighted by atomic mass is 16.5. The highest BCUT2D eigenvalue weighted by Crippen LogP contribution is 2.18. The van der Waals surface area contributed by atoms with Crippen molar-refractivity contribution >= 4 is 5.91 Å². The molecule has 20 heavy (non-hydrogen) atoms. The van der Waals surface area contributed by atoms with Gasteiger partial charge in [0.05, 0.1) is 6.04 Å². The minimum atomic E-state index is 0.0183. The van der Waals surface area contributed by atoms with Crippen LogP contribution in [0, 0.1) is 6.92 Å². The Hall–Kier alpha value is -1.55. The summed E-state index contributed by atoms with van der Waals surface area (Å²) in [5.41, 5.74) is 1.21. The second-order valence-corrected chi connectivity index (χ2v) is 5.57. The van der Waals surface area contributed by atoms with E-state index in [1.165, 1.54) is 18.4 Å². The molecule has 0 aromatic heterocycles. The van der Waals surface area contributed by atoms with E-state index in [1.807, 2.05) is 38.1 Å². The first-order valence-electron chi connectivity index (χ1n) is 7.35. The van der Waals surface area contributed by atoms with Crippen molar-refractivity contribution in [2.45, 2.75) is 45.2 Å². The number of nitrogens with one attached hydrogen (secondary N) is 2. The van der Waals surface area contributed by atoms with Crippen molar-refractivity contribution in [3.63, 3.8) is 0 Å². The minimum Gasteiger partial charge on any atom is -0.491 e. The summed E-state index contributed by atoms with van der Waals surface area (Å²) in [6.45, 7) is 5.26. The predicted molar refractivity (Wildman–Crippen MR) is 79.9 cm³/mol. The minimum absolute atomic E-state index is 0.0183. The first kappa shape index (κ1) is 14.9. The van der Waals surface area contributed by atoms with Gasteiger partial charge in [0.1, 0.15) is 12.4 Å². The molecule has 4 nitrogen and oxygen atoms in total. The summed E-state index contributed by atoms with van der Waals surface area (Å²) in [7, 11) is 0. The molecule has 0 spiro atoms. The fourth-order valence-electron chi connectivity index (χ4n) is 1.92. The standard InChI is InChI=1S/C16H24N2O2/c1-12-3-7-15(8-4-12)20-11-13(2)18-16(19)9-10-17-14-5-6-14/h3-4,7-8,13-14,17H,5-6,9-11H2,1-2H3,(H,18,19). The van der Waals surface area contributed by atoms with E-state index in [0.29, 0.717) is 19.1 Å². The predicted octanol–water partition coefficient (Wildman–Crippen LogP) is 2.02. The van der Waals surface area contributed by atoms with E-state index in [0.717, 1.165) is 12.3 Å². The first-order valence-corrected chi connectivity index (χ1v) is 7.35. The topological polar surface area (TPSA) is 50.4 Å². The quantitative estimate of drug-likeness (QED) is 0.764. The summed E-state index contributed by atoms with van der Waals surface area (Å²) < 4.78 is 5.65. The molecule has 0 saturated heterocycles. The lowest BCUT2D eigenvalue weighted by molar-refractivity contribution is -0.121. The van der Waals surface area contributed by atoms with Crippen LogP contribution in [-0.2, 0) is 4.79 Å². The van der Waals surface area contributed by atoms with Crippen molar-refractivity contribution in [3.05, 3.63) is 29.8 Å². The molecule has 1 aromatic rings. The van der Waals surface area contributed by atoms with Gasteiger partial charge in [0.25, 0.3) is 0 Å². The molecule has 0 bridgehead atoms. The maximum absolute atomic E-state index is 11.7. The van der Waals surface area contributed by atoms with E-state index in [9.17, 15) is 4.79 Å². The van der Waals surface area contributed by atoms with Crippen LogP contribution in [0.4, 0.5) is 0 Å². The van der Waals surface area contributed by atoms with Crippen LogP contribution in [0.2, 0.25) is 0 Å². The Bertz CT molecular complexity index is 427. The lowest BCUT2D eigenvalue weighted by atomic mass is 10.2. The molecule has 0 radical (unpaired) electrons. The van der Waals surface area contributed by atoms with E-state index >= 15 is 0 Å². The van der Waals surface area contributed by atoms with Crippen molar-refractivity contribution in [2.75, 3.05) is 13.2 Å². The zero-order chi connectivity index (χ0) is 14.4. The lowest BCUT2D eigenvalue weighted by Crippen LogP contribution is -2.38. The average molecular weight is 276 g/mol. The number of carbonyl (C=O) groups excluding carboxylic acids is 1. The maximum Gasteiger partial charge on any atom is 0.221 e. The van der Waals surface area contributed by atoms with Crippen molar-refractivity contribution in [2.24, 2.45) is 0 Å². The van der Waals surface area contributed by atoms with E-state index in [-0.39, 0.29) is 11.9 Å². The summed E-state index contributed by atoms with van der Waals surface area (Å²) in [6.07, 6.45) is 3.04. The van der Waals surface area contributed by atoms with Crippen LogP contribution >= 0.6 is 0 Å². The van der Waals surface area contributed by atoms with E-state index < -0.39 is 0 Å². The fraction of sp³-hybridized carbons (Fsp3) is 0.562. The summed E-state index contributed by atoms with van der Waals surface area (Å²) in [4.78, 5) is 11.7. The Morgan fingerprint density at radius 1 is 1.35 bits per heavy atom. The summed E-state index contributed by atoms with van der Waals surface area (Å²) in [6, 6.07) is 8.60. The number of carbonyl (C=O) groups is 1. The van der Waals surface area contributed by atoms with Crippen LogP contribution < -0.4 is 15.4 Å². The third-order valence-corrected chi connectivity index (χ3v) is 3.29. The van der Waals surface area contributed by atoms with Crippen molar-refractivity contribution < 1.29 is 9.53 Å². The second-order valence-electron chi connectivity index (χ2n) is 5.57. The third kappa shape index (κ3) is 5.61. The molecule has 1 unspecified atom stereocenters. The van der Waals surface area contributed by atoms with Gasteiger partial charge in [0.2, 0.25) is 5.91 Å². The van der Waals surface area contributed by atoms with Gasteiger partial charge in [-0.2, -0.15) is 0 Å². The van der Waals surface area contributed by atoms with Crippen molar-refractivity contribution in [1.29, 1.82) is 0 Å². The van der Waals surface area contributed by atoms with E-state index in [1.54, 1.807) is 0 Å². The number of hydrogen-bond donors (Lipinski definition) is 2. The largest absolute Gasteiger partial charge is 0.491 e. The number of benzene rings is 1. The smallest absolute Gasteiger partial charge is 0.221 e. The molecule has 2 N–H and O–H groups in total. The molecule has 1 aliphatic rings. The highest BCUT2D eigenvalue weighted by molar-refractivity contribution is 5.76. The zero-order valence-corrected chi connectivity index (χ0v) is 12.3. The number of rotatable bonds is 8. The molecule has 1 aromatic carbocycles. The van der Waals surface area contributed by atoms with Gasteiger partial charge in [-0.05, 0) is 38.8 Å². The van der Waals surface area contributed by atoms with Crippen LogP contribution in [0.5, 0.6) is 5.75 Å². The maximum atomic E-state index is 11.7. The van der Waals surface area contributed by atoms with Crippen LogP contribution in [0.3, 0.4) is 0 Å².